The van der Waals surface area contributed by atoms with E-state index in [9.17, 15) is 13.8 Å². The van der Waals surface area contributed by atoms with Gasteiger partial charge in [-0.05, 0) is 105 Å². The van der Waals surface area contributed by atoms with E-state index in [0.29, 0.717) is 43.0 Å². The predicted molar refractivity (Wildman–Crippen MR) is 194 cm³/mol. The molecule has 2 bridgehead atoms. The van der Waals surface area contributed by atoms with Crippen LogP contribution in [0.3, 0.4) is 0 Å². The lowest BCUT2D eigenvalue weighted by molar-refractivity contribution is 0.0131. The van der Waals surface area contributed by atoms with Gasteiger partial charge in [0, 0.05) is 48.6 Å². The lowest BCUT2D eigenvalue weighted by Gasteiger charge is -2.46. The quantitative estimate of drug-likeness (QED) is 0.305. The molecule has 2 aliphatic heterocycles. The number of nitrogens with one attached hydrogen (secondary N) is 1. The Bertz CT molecular complexity index is 1940. The van der Waals surface area contributed by atoms with E-state index in [1.165, 1.54) is 23.5 Å². The van der Waals surface area contributed by atoms with Gasteiger partial charge in [0.05, 0.1) is 29.7 Å². The van der Waals surface area contributed by atoms with Crippen molar-refractivity contribution >= 4 is 39.0 Å². The highest BCUT2D eigenvalue weighted by Crippen LogP contribution is 2.47. The van der Waals surface area contributed by atoms with Crippen LogP contribution in [0.4, 0.5) is 5.69 Å². The highest BCUT2D eigenvalue weighted by Gasteiger charge is 2.44. The van der Waals surface area contributed by atoms with E-state index < -0.39 is 21.7 Å². The summed E-state index contributed by atoms with van der Waals surface area (Å²) < 4.78 is 34.0. The summed E-state index contributed by atoms with van der Waals surface area (Å²) in [5, 5.41) is 0.737. The molecule has 1 N–H and O–H groups in total. The number of carbonyl (C=O) groups excluding carboxylic acids is 2. The molecule has 1 aromatic heterocycles. The van der Waals surface area contributed by atoms with Gasteiger partial charge >= 0.3 is 0 Å². The molecule has 1 saturated carbocycles. The van der Waals surface area contributed by atoms with Gasteiger partial charge < -0.3 is 14.4 Å². The number of fused-ring (bicyclic) bond motifs is 4. The number of hydrogen-bond donors (Lipinski definition) is 1. The first-order valence-corrected chi connectivity index (χ1v) is 19.5. The highest BCUT2D eigenvalue weighted by molar-refractivity contribution is 7.92. The van der Waals surface area contributed by atoms with E-state index in [1.807, 2.05) is 25.1 Å². The lowest BCUT2D eigenvalue weighted by atomic mass is 9.68. The van der Waals surface area contributed by atoms with Crippen molar-refractivity contribution in [3.05, 3.63) is 94.0 Å². The molecule has 2 amide bonds. The number of aryl methyl sites for hydroxylation is 2. The van der Waals surface area contributed by atoms with Crippen LogP contribution in [0, 0.1) is 24.7 Å². The van der Waals surface area contributed by atoms with E-state index in [2.05, 4.69) is 48.2 Å². The van der Waals surface area contributed by atoms with Crippen molar-refractivity contribution in [2.75, 3.05) is 37.5 Å². The molecule has 12 heteroatoms. The van der Waals surface area contributed by atoms with E-state index in [1.54, 1.807) is 20.1 Å². The minimum absolute atomic E-state index is 0.0165. The zero-order valence-corrected chi connectivity index (χ0v) is 30.3. The van der Waals surface area contributed by atoms with Crippen LogP contribution in [-0.2, 0) is 26.5 Å². The molecule has 1 fully saturated rings. The molecular weight excluding hydrogens is 674 g/mol. The average Bonchev–Trinajstić information content (AvgIpc) is 3.22. The van der Waals surface area contributed by atoms with Gasteiger partial charge in [-0.3, -0.25) is 14.3 Å². The second-order valence-corrected chi connectivity index (χ2v) is 16.8. The molecule has 1 spiro atoms. The average molecular weight is 718 g/mol. The number of methoxy groups -OCH3 is 1. The second kappa shape index (κ2) is 14.1. The molecule has 0 radical (unpaired) electrons. The van der Waals surface area contributed by atoms with Crippen LogP contribution in [0.2, 0.25) is 5.02 Å². The lowest BCUT2D eigenvalue weighted by Crippen LogP contribution is -2.49. The SMILES string of the molecule is CO[C@H]1/C=C/C[C@H](C)CS(=O)(NC(=O)c2cnc(C)nc2)=NC(=O)c2ccc3c(c2)N(C[C@@H]2CC[C@H]21)C[C@@]1(CCCc2cc(Cl)ccc21)CO3. The minimum Gasteiger partial charge on any atom is -0.490 e. The van der Waals surface area contributed by atoms with Crippen molar-refractivity contribution in [3.63, 3.8) is 0 Å². The third-order valence-electron chi connectivity index (χ3n) is 10.8. The maximum absolute atomic E-state index is 14.5. The highest BCUT2D eigenvalue weighted by atomic mass is 35.5. The van der Waals surface area contributed by atoms with Gasteiger partial charge in [-0.1, -0.05) is 36.7 Å². The molecule has 50 heavy (non-hydrogen) atoms. The maximum atomic E-state index is 14.5. The minimum atomic E-state index is -3.55. The molecule has 4 aliphatic rings. The van der Waals surface area contributed by atoms with Crippen LogP contribution in [-0.4, -0.2) is 64.7 Å². The Morgan fingerprint density at radius 1 is 1.16 bits per heavy atom. The molecule has 7 rings (SSSR count). The number of rotatable bonds is 3. The Morgan fingerprint density at radius 3 is 2.74 bits per heavy atom. The first-order chi connectivity index (χ1) is 24.0. The van der Waals surface area contributed by atoms with Gasteiger partial charge in [0.2, 0.25) is 0 Å². The standard InChI is InChI=1S/C38H44ClN5O5S/c1-24-6-4-8-34(48-3)31-12-9-28(31)20-44-22-38(15-5-7-26-16-30(39)11-13-32(26)38)23-49-35-14-10-27(17-33(35)44)36(45)42-50(47,21-24)43-37(46)29-18-40-25(2)41-19-29/h4,8,10-11,13-14,16-19,24,28,31,34H,5-7,9,12,15,20-23H2,1-3H3,(H,42,43,45,46,47)/b8-4+/t24-,28-,31+,34-,38-,50?/m0/s1. The van der Waals surface area contributed by atoms with Gasteiger partial charge in [0.1, 0.15) is 21.5 Å². The maximum Gasteiger partial charge on any atom is 0.286 e. The number of aromatic nitrogens is 2. The Labute approximate surface area is 299 Å². The first kappa shape index (κ1) is 34.6. The van der Waals surface area contributed by atoms with Gasteiger partial charge in [-0.15, -0.1) is 4.36 Å². The fraction of sp³-hybridized carbons (Fsp3) is 0.474. The summed E-state index contributed by atoms with van der Waals surface area (Å²) in [7, 11) is -1.79. The number of hydrogen-bond acceptors (Lipinski definition) is 8. The number of nitrogens with zero attached hydrogens (tertiary/aromatic N) is 4. The van der Waals surface area contributed by atoms with Gasteiger partial charge in [0.15, 0.2) is 0 Å². The number of benzene rings is 2. The van der Waals surface area contributed by atoms with Crippen LogP contribution >= 0.6 is 11.6 Å². The van der Waals surface area contributed by atoms with Crippen molar-refractivity contribution in [1.82, 2.24) is 14.7 Å². The van der Waals surface area contributed by atoms with Gasteiger partial charge in [-0.2, -0.15) is 0 Å². The fourth-order valence-corrected chi connectivity index (χ4v) is 10.2. The Hall–Kier alpha value is -3.80. The predicted octanol–water partition coefficient (Wildman–Crippen LogP) is 6.50. The molecule has 1 unspecified atom stereocenters. The number of halogens is 1. The van der Waals surface area contributed by atoms with E-state index in [4.69, 9.17) is 21.1 Å². The molecule has 3 heterocycles. The molecule has 2 aromatic carbocycles. The Kier molecular flexibility index (Phi) is 9.75. The van der Waals surface area contributed by atoms with Crippen LogP contribution < -0.4 is 14.4 Å². The summed E-state index contributed by atoms with van der Waals surface area (Å²) in [6, 6.07) is 11.5. The van der Waals surface area contributed by atoms with Crippen molar-refractivity contribution in [2.45, 2.75) is 63.9 Å². The number of allylic oxidation sites excluding steroid dienone is 1. The summed E-state index contributed by atoms with van der Waals surface area (Å²) in [5.41, 5.74) is 3.50. The summed E-state index contributed by atoms with van der Waals surface area (Å²) in [6.07, 6.45) is 12.6. The third-order valence-corrected chi connectivity index (χ3v) is 13.0. The molecule has 0 saturated heterocycles. The zero-order chi connectivity index (χ0) is 35.0. The Morgan fingerprint density at radius 2 is 1.98 bits per heavy atom. The molecule has 2 aliphatic carbocycles. The smallest absolute Gasteiger partial charge is 0.286 e. The van der Waals surface area contributed by atoms with E-state index in [-0.39, 0.29) is 34.3 Å². The molecular formula is C38H44ClN5O5S. The van der Waals surface area contributed by atoms with Gasteiger partial charge in [0.25, 0.3) is 11.8 Å². The summed E-state index contributed by atoms with van der Waals surface area (Å²) in [4.78, 5) is 37.8. The normalized spacial score (nSPS) is 30.1. The van der Waals surface area contributed by atoms with Crippen molar-refractivity contribution < 1.29 is 23.3 Å². The second-order valence-electron chi connectivity index (χ2n) is 14.4. The summed E-state index contributed by atoms with van der Waals surface area (Å²) in [6.45, 7) is 5.63. The van der Waals surface area contributed by atoms with Crippen molar-refractivity contribution in [3.8, 4) is 5.75 Å². The van der Waals surface area contributed by atoms with E-state index >= 15 is 0 Å². The molecule has 3 aromatic rings. The monoisotopic (exact) mass is 717 g/mol. The Balaban J connectivity index is 1.30. The van der Waals surface area contributed by atoms with Crippen LogP contribution in [0.25, 0.3) is 0 Å². The van der Waals surface area contributed by atoms with Gasteiger partial charge in [-0.25, -0.2) is 14.2 Å². The van der Waals surface area contributed by atoms with Crippen LogP contribution in [0.1, 0.15) is 76.7 Å². The largest absolute Gasteiger partial charge is 0.490 e. The summed E-state index contributed by atoms with van der Waals surface area (Å²) in [5.74, 6) is 0.426. The van der Waals surface area contributed by atoms with Crippen molar-refractivity contribution in [1.29, 1.82) is 0 Å². The van der Waals surface area contributed by atoms with Crippen LogP contribution in [0.15, 0.2) is 65.3 Å². The van der Waals surface area contributed by atoms with E-state index in [0.717, 1.165) is 49.4 Å². The topological polar surface area (TPSA) is 123 Å². The number of ether oxygens (including phenoxy) is 2. The molecule has 264 valence electrons. The number of amides is 2. The molecule has 10 nitrogen and oxygen atoms in total. The zero-order valence-electron chi connectivity index (χ0n) is 28.8. The summed E-state index contributed by atoms with van der Waals surface area (Å²) >= 11 is 6.45. The number of carbonyl (C=O) groups is 2. The first-order valence-electron chi connectivity index (χ1n) is 17.4. The number of anilines is 1. The molecule has 6 atom stereocenters. The van der Waals surface area contributed by atoms with Crippen LogP contribution in [0.5, 0.6) is 5.75 Å². The fourth-order valence-electron chi connectivity index (χ4n) is 8.08. The van der Waals surface area contributed by atoms with Crippen molar-refractivity contribution in [2.24, 2.45) is 22.1 Å². The third kappa shape index (κ3) is 7.05.